The summed E-state index contributed by atoms with van der Waals surface area (Å²) >= 11 is 0. The van der Waals surface area contributed by atoms with Crippen molar-refractivity contribution in [2.24, 2.45) is 0 Å². The minimum Gasteiger partial charge on any atom is -0.494 e. The molecule has 0 radical (unpaired) electrons. The highest BCUT2D eigenvalue weighted by Gasteiger charge is 2.10. The van der Waals surface area contributed by atoms with Crippen molar-refractivity contribution in [1.29, 1.82) is 0 Å². The zero-order valence-corrected chi connectivity index (χ0v) is 18.5. The number of carbonyl (C=O) groups excluding carboxylic acids is 1. The second-order valence-electron chi connectivity index (χ2n) is 7.58. The van der Waals surface area contributed by atoms with Crippen molar-refractivity contribution in [2.45, 2.75) is 43.9 Å². The molecule has 3 rings (SSSR count). The molecule has 1 atom stereocenters. The lowest BCUT2D eigenvalue weighted by Gasteiger charge is -2.11. The average molecular weight is 442 g/mol. The summed E-state index contributed by atoms with van der Waals surface area (Å²) in [7, 11) is -4.25. The van der Waals surface area contributed by atoms with Crippen molar-refractivity contribution in [3.05, 3.63) is 66.2 Å². The van der Waals surface area contributed by atoms with Crippen LogP contribution in [0.15, 0.2) is 65.6 Å². The van der Waals surface area contributed by atoms with Crippen LogP contribution in [-0.2, 0) is 14.9 Å². The predicted molar refractivity (Wildman–Crippen MR) is 122 cm³/mol. The van der Waals surface area contributed by atoms with Gasteiger partial charge in [-0.1, -0.05) is 38.1 Å². The number of ether oxygens (including phenoxy) is 1. The Morgan fingerprint density at radius 1 is 1.03 bits per heavy atom. The van der Waals surface area contributed by atoms with Crippen molar-refractivity contribution < 1.29 is 22.5 Å². The van der Waals surface area contributed by atoms with Gasteiger partial charge in [-0.3, -0.25) is 9.35 Å². The van der Waals surface area contributed by atoms with E-state index in [0.717, 1.165) is 17.6 Å². The van der Waals surface area contributed by atoms with Gasteiger partial charge in [-0.25, -0.2) is 0 Å². The van der Waals surface area contributed by atoms with E-state index in [1.54, 1.807) is 24.3 Å². The molecule has 0 aliphatic rings. The first kappa shape index (κ1) is 22.8. The highest BCUT2D eigenvalue weighted by molar-refractivity contribution is 7.85. The minimum atomic E-state index is -4.25. The van der Waals surface area contributed by atoms with Crippen LogP contribution in [0.3, 0.4) is 0 Å². The molecule has 3 aromatic rings. The number of anilines is 1. The molecule has 31 heavy (non-hydrogen) atoms. The van der Waals surface area contributed by atoms with Crippen molar-refractivity contribution in [3.63, 3.8) is 0 Å². The molecule has 3 aromatic carbocycles. The Morgan fingerprint density at radius 3 is 2.39 bits per heavy atom. The highest BCUT2D eigenvalue weighted by Crippen LogP contribution is 2.23. The lowest BCUT2D eigenvalue weighted by Crippen LogP contribution is -2.12. The number of benzene rings is 3. The summed E-state index contributed by atoms with van der Waals surface area (Å²) in [6, 6.07) is 17.6. The normalized spacial score (nSPS) is 12.5. The van der Waals surface area contributed by atoms with E-state index >= 15 is 0 Å². The number of hydrogen-bond donors (Lipinski definition) is 2. The number of carbonyl (C=O) groups is 1. The van der Waals surface area contributed by atoms with Crippen molar-refractivity contribution in [3.8, 4) is 5.75 Å². The largest absolute Gasteiger partial charge is 0.494 e. The SMILES string of the molecule is CCC(C)c1ccc(OCCCC(=O)Nc2ccc3cc(S(=O)(=O)O)ccc3c2)cc1. The van der Waals surface area contributed by atoms with E-state index < -0.39 is 10.1 Å². The molecule has 0 spiro atoms. The zero-order valence-electron chi connectivity index (χ0n) is 17.7. The average Bonchev–Trinajstić information content (AvgIpc) is 2.75. The zero-order chi connectivity index (χ0) is 22.4. The fraction of sp³-hybridized carbons (Fsp3) is 0.292. The van der Waals surface area contributed by atoms with Gasteiger partial charge in [0.15, 0.2) is 0 Å². The van der Waals surface area contributed by atoms with Gasteiger partial charge in [0.05, 0.1) is 11.5 Å². The Hall–Kier alpha value is -2.90. The lowest BCUT2D eigenvalue weighted by atomic mass is 9.99. The van der Waals surface area contributed by atoms with E-state index in [1.807, 2.05) is 12.1 Å². The van der Waals surface area contributed by atoms with Crippen molar-refractivity contribution >= 4 is 32.5 Å². The van der Waals surface area contributed by atoms with Gasteiger partial charge >= 0.3 is 0 Å². The molecular weight excluding hydrogens is 414 g/mol. The Kier molecular flexibility index (Phi) is 7.30. The molecule has 0 saturated heterocycles. The highest BCUT2D eigenvalue weighted by atomic mass is 32.2. The third kappa shape index (κ3) is 6.29. The maximum atomic E-state index is 12.2. The molecule has 164 valence electrons. The van der Waals surface area contributed by atoms with Gasteiger partial charge in [-0.2, -0.15) is 8.42 Å². The van der Waals surface area contributed by atoms with Crippen LogP contribution in [0.5, 0.6) is 5.75 Å². The summed E-state index contributed by atoms with van der Waals surface area (Å²) in [4.78, 5) is 12.1. The summed E-state index contributed by atoms with van der Waals surface area (Å²) in [5.74, 6) is 1.20. The Bertz CT molecular complexity index is 1160. The third-order valence-electron chi connectivity index (χ3n) is 5.27. The van der Waals surface area contributed by atoms with Crippen LogP contribution in [0, 0.1) is 0 Å². The molecule has 1 amide bonds. The summed E-state index contributed by atoms with van der Waals surface area (Å²) < 4.78 is 37.4. The van der Waals surface area contributed by atoms with Crippen LogP contribution in [0.2, 0.25) is 0 Å². The smallest absolute Gasteiger partial charge is 0.294 e. The number of nitrogens with one attached hydrogen (secondary N) is 1. The number of fused-ring (bicyclic) bond motifs is 1. The summed E-state index contributed by atoms with van der Waals surface area (Å²) in [6.45, 7) is 4.81. The fourth-order valence-electron chi connectivity index (χ4n) is 3.24. The first-order valence-electron chi connectivity index (χ1n) is 10.3. The molecular formula is C24H27NO5S. The van der Waals surface area contributed by atoms with Gasteiger partial charge in [0.2, 0.25) is 5.91 Å². The van der Waals surface area contributed by atoms with Crippen LogP contribution in [-0.4, -0.2) is 25.5 Å². The number of amides is 1. The van der Waals surface area contributed by atoms with E-state index in [1.165, 1.54) is 17.7 Å². The molecule has 0 aliphatic carbocycles. The molecule has 2 N–H and O–H groups in total. The van der Waals surface area contributed by atoms with Crippen LogP contribution in [0.1, 0.15) is 44.6 Å². The quantitative estimate of drug-likeness (QED) is 0.343. The molecule has 0 bridgehead atoms. The second kappa shape index (κ2) is 9.94. The third-order valence-corrected chi connectivity index (χ3v) is 6.12. The molecule has 6 nitrogen and oxygen atoms in total. The van der Waals surface area contributed by atoms with Crippen molar-refractivity contribution in [2.75, 3.05) is 11.9 Å². The second-order valence-corrected chi connectivity index (χ2v) is 9.00. The van der Waals surface area contributed by atoms with Crippen LogP contribution < -0.4 is 10.1 Å². The summed E-state index contributed by atoms with van der Waals surface area (Å²) in [5, 5.41) is 4.25. The molecule has 0 aromatic heterocycles. The maximum absolute atomic E-state index is 12.2. The number of rotatable bonds is 9. The maximum Gasteiger partial charge on any atom is 0.294 e. The van der Waals surface area contributed by atoms with E-state index in [0.29, 0.717) is 36.4 Å². The van der Waals surface area contributed by atoms with Crippen LogP contribution >= 0.6 is 0 Å². The molecule has 0 saturated carbocycles. The molecule has 7 heteroatoms. The molecule has 0 fully saturated rings. The van der Waals surface area contributed by atoms with Gasteiger partial charge in [0.1, 0.15) is 5.75 Å². The van der Waals surface area contributed by atoms with Gasteiger partial charge in [-0.05, 0) is 71.5 Å². The Labute approximate surface area is 183 Å². The van der Waals surface area contributed by atoms with Crippen LogP contribution in [0.25, 0.3) is 10.8 Å². The van der Waals surface area contributed by atoms with Gasteiger partial charge in [0.25, 0.3) is 10.1 Å². The first-order chi connectivity index (χ1) is 14.8. The standard InChI is InChI=1S/C24H27NO5S/c1-3-17(2)18-7-11-22(12-8-18)30-14-4-5-24(26)25-21-10-6-20-16-23(31(27,28)29)13-9-19(20)15-21/h6-13,15-17H,3-5,14H2,1-2H3,(H,25,26)(H,27,28,29). The van der Waals surface area contributed by atoms with Gasteiger partial charge in [-0.15, -0.1) is 0 Å². The first-order valence-corrected chi connectivity index (χ1v) is 11.7. The topological polar surface area (TPSA) is 92.7 Å². The monoisotopic (exact) mass is 441 g/mol. The lowest BCUT2D eigenvalue weighted by molar-refractivity contribution is -0.116. The van der Waals surface area contributed by atoms with E-state index in [9.17, 15) is 13.2 Å². The van der Waals surface area contributed by atoms with Gasteiger partial charge < -0.3 is 10.1 Å². The van der Waals surface area contributed by atoms with E-state index in [-0.39, 0.29) is 10.8 Å². The predicted octanol–water partition coefficient (Wildman–Crippen LogP) is 5.40. The van der Waals surface area contributed by atoms with Crippen molar-refractivity contribution in [1.82, 2.24) is 0 Å². The van der Waals surface area contributed by atoms with Gasteiger partial charge in [0, 0.05) is 12.1 Å². The van der Waals surface area contributed by atoms with Crippen LogP contribution in [0.4, 0.5) is 5.69 Å². The summed E-state index contributed by atoms with van der Waals surface area (Å²) in [5.41, 5.74) is 1.91. The summed E-state index contributed by atoms with van der Waals surface area (Å²) in [6.07, 6.45) is 2.01. The minimum absolute atomic E-state index is 0.121. The molecule has 0 aliphatic heterocycles. The number of hydrogen-bond acceptors (Lipinski definition) is 4. The molecule has 1 unspecified atom stereocenters. The fourth-order valence-corrected chi connectivity index (χ4v) is 3.75. The molecule has 0 heterocycles. The Balaban J connectivity index is 1.48. The van der Waals surface area contributed by atoms with E-state index in [2.05, 4.69) is 31.3 Å². The Morgan fingerprint density at radius 2 is 1.71 bits per heavy atom. The van der Waals surface area contributed by atoms with E-state index in [4.69, 9.17) is 9.29 Å².